The van der Waals surface area contributed by atoms with Gasteiger partial charge in [0.1, 0.15) is 23.9 Å². The van der Waals surface area contributed by atoms with Gasteiger partial charge >= 0.3 is 0 Å². The summed E-state index contributed by atoms with van der Waals surface area (Å²) in [5, 5.41) is 0. The normalized spacial score (nSPS) is 11.4. The first-order chi connectivity index (χ1) is 13.8. The maximum absolute atomic E-state index is 13.9. The molecule has 0 atom stereocenters. The number of aromatic nitrogens is 3. The lowest BCUT2D eigenvalue weighted by atomic mass is 10.1. The fraction of sp³-hybridized carbons (Fsp3) is 0.381. The molecular formula is C21H24F2N4O2. The predicted octanol–water partition coefficient (Wildman–Crippen LogP) is 3.73. The Morgan fingerprint density at radius 2 is 1.86 bits per heavy atom. The van der Waals surface area contributed by atoms with Crippen molar-refractivity contribution in [1.82, 2.24) is 19.3 Å². The molecule has 0 radical (unpaired) electrons. The van der Waals surface area contributed by atoms with E-state index < -0.39 is 11.6 Å². The first-order valence-electron chi connectivity index (χ1n) is 9.38. The number of hydrogen-bond acceptors (Lipinski definition) is 5. The molecule has 0 unspecified atom stereocenters. The molecule has 0 aliphatic rings. The number of halogens is 2. The highest BCUT2D eigenvalue weighted by molar-refractivity contribution is 5.96. The van der Waals surface area contributed by atoms with Gasteiger partial charge in [0, 0.05) is 12.6 Å². The van der Waals surface area contributed by atoms with E-state index in [0.717, 1.165) is 13.0 Å². The van der Waals surface area contributed by atoms with E-state index in [2.05, 4.69) is 9.97 Å². The van der Waals surface area contributed by atoms with Gasteiger partial charge in [0.15, 0.2) is 5.78 Å². The molecule has 2 heterocycles. The summed E-state index contributed by atoms with van der Waals surface area (Å²) >= 11 is 0. The summed E-state index contributed by atoms with van der Waals surface area (Å²) in [7, 11) is 3.92. The van der Waals surface area contributed by atoms with Crippen molar-refractivity contribution >= 4 is 11.4 Å². The van der Waals surface area contributed by atoms with E-state index >= 15 is 0 Å². The summed E-state index contributed by atoms with van der Waals surface area (Å²) in [5.41, 5.74) is 1.81. The molecule has 0 N–H and O–H groups in total. The molecule has 0 bridgehead atoms. The smallest absolute Gasteiger partial charge is 0.258 e. The van der Waals surface area contributed by atoms with Gasteiger partial charge in [-0.3, -0.25) is 9.20 Å². The highest BCUT2D eigenvalue weighted by Gasteiger charge is 2.21. The molecule has 0 saturated carbocycles. The van der Waals surface area contributed by atoms with Gasteiger partial charge in [0.2, 0.25) is 5.65 Å². The van der Waals surface area contributed by atoms with Crippen molar-refractivity contribution in [2.24, 2.45) is 0 Å². The van der Waals surface area contributed by atoms with Gasteiger partial charge in [0.05, 0.1) is 17.0 Å². The number of nitrogens with zero attached hydrogens (tertiary/aromatic N) is 4. The van der Waals surface area contributed by atoms with Crippen LogP contribution < -0.4 is 4.74 Å². The average molecular weight is 402 g/mol. The van der Waals surface area contributed by atoms with Crippen LogP contribution in [0.2, 0.25) is 0 Å². The van der Waals surface area contributed by atoms with Crippen molar-refractivity contribution in [3.63, 3.8) is 0 Å². The fourth-order valence-corrected chi connectivity index (χ4v) is 3.17. The number of carbonyl (C=O) groups is 1. The number of fused-ring (bicyclic) bond motifs is 1. The minimum absolute atomic E-state index is 0.0199. The largest absolute Gasteiger partial charge is 0.470 e. The summed E-state index contributed by atoms with van der Waals surface area (Å²) in [6, 6.07) is 3.64. The van der Waals surface area contributed by atoms with Gasteiger partial charge in [-0.25, -0.2) is 18.7 Å². The van der Waals surface area contributed by atoms with E-state index in [-0.39, 0.29) is 23.8 Å². The molecule has 1 aromatic carbocycles. The number of imidazole rings is 1. The van der Waals surface area contributed by atoms with Gasteiger partial charge < -0.3 is 9.64 Å². The van der Waals surface area contributed by atoms with Crippen molar-refractivity contribution < 1.29 is 18.3 Å². The Bertz CT molecular complexity index is 1030. The molecule has 6 nitrogen and oxygen atoms in total. The Labute approximate surface area is 168 Å². The van der Waals surface area contributed by atoms with Crippen LogP contribution in [-0.4, -0.2) is 45.7 Å². The summed E-state index contributed by atoms with van der Waals surface area (Å²) in [6.45, 7) is 3.99. The molecule has 0 fully saturated rings. The van der Waals surface area contributed by atoms with Gasteiger partial charge in [-0.15, -0.1) is 0 Å². The maximum Gasteiger partial charge on any atom is 0.258 e. The van der Waals surface area contributed by atoms with Crippen LogP contribution in [0.1, 0.15) is 40.3 Å². The number of Topliss-reactive ketones (excluding diaryl/α,β-unsaturated/α-hetero) is 1. The van der Waals surface area contributed by atoms with Crippen molar-refractivity contribution in [2.45, 2.75) is 33.3 Å². The first kappa shape index (κ1) is 20.9. The lowest BCUT2D eigenvalue weighted by Crippen LogP contribution is -2.15. The molecule has 0 saturated heterocycles. The van der Waals surface area contributed by atoms with Crippen LogP contribution in [-0.2, 0) is 6.61 Å². The quantitative estimate of drug-likeness (QED) is 0.538. The Morgan fingerprint density at radius 1 is 1.17 bits per heavy atom. The number of rotatable bonds is 8. The Balaban J connectivity index is 1.91. The highest BCUT2D eigenvalue weighted by atomic mass is 19.1. The van der Waals surface area contributed by atoms with Crippen LogP contribution in [0.5, 0.6) is 5.88 Å². The van der Waals surface area contributed by atoms with Crippen molar-refractivity contribution in [2.75, 3.05) is 20.6 Å². The molecule has 0 aliphatic carbocycles. The second-order valence-electron chi connectivity index (χ2n) is 7.25. The molecule has 0 amide bonds. The number of ketones is 1. The van der Waals surface area contributed by atoms with Crippen molar-refractivity contribution in [3.05, 3.63) is 58.7 Å². The molecule has 0 aliphatic heterocycles. The molecular weight excluding hydrogens is 378 g/mol. The van der Waals surface area contributed by atoms with Crippen LogP contribution in [0.4, 0.5) is 8.78 Å². The van der Waals surface area contributed by atoms with Crippen LogP contribution in [0.15, 0.2) is 24.4 Å². The summed E-state index contributed by atoms with van der Waals surface area (Å²) < 4.78 is 35.0. The van der Waals surface area contributed by atoms with Crippen molar-refractivity contribution in [3.8, 4) is 5.88 Å². The maximum atomic E-state index is 13.9. The number of aryl methyl sites for hydroxylation is 2. The van der Waals surface area contributed by atoms with Gasteiger partial charge in [-0.1, -0.05) is 6.07 Å². The molecule has 2 aromatic heterocycles. The van der Waals surface area contributed by atoms with Crippen LogP contribution in [0, 0.1) is 25.5 Å². The molecule has 3 aromatic rings. The van der Waals surface area contributed by atoms with Gasteiger partial charge in [-0.2, -0.15) is 0 Å². The third kappa shape index (κ3) is 4.59. The number of hydrogen-bond donors (Lipinski definition) is 0. The van der Waals surface area contributed by atoms with E-state index in [4.69, 9.17) is 4.74 Å². The third-order valence-corrected chi connectivity index (χ3v) is 4.56. The Hall–Kier alpha value is -2.87. The zero-order valence-electron chi connectivity index (χ0n) is 17.0. The topological polar surface area (TPSA) is 59.7 Å². The van der Waals surface area contributed by atoms with E-state index in [1.807, 2.05) is 19.0 Å². The fourth-order valence-electron chi connectivity index (χ4n) is 3.17. The third-order valence-electron chi connectivity index (χ3n) is 4.56. The lowest BCUT2D eigenvalue weighted by Gasteiger charge is -2.10. The summed E-state index contributed by atoms with van der Waals surface area (Å²) in [5.74, 6) is -1.27. The summed E-state index contributed by atoms with van der Waals surface area (Å²) in [6.07, 6.45) is 2.84. The van der Waals surface area contributed by atoms with Crippen LogP contribution >= 0.6 is 0 Å². The monoisotopic (exact) mass is 402 g/mol. The van der Waals surface area contributed by atoms with Gasteiger partial charge in [0.25, 0.3) is 5.88 Å². The second kappa shape index (κ2) is 8.65. The SMILES string of the molecule is Cc1cn2c(C(=O)CCCN(C)C)c(C)nc2c(OCc2c(F)cccc2F)n1. The number of ether oxygens (including phenoxy) is 1. The molecule has 3 rings (SSSR count). The number of carbonyl (C=O) groups excluding carboxylic acids is 1. The van der Waals surface area contributed by atoms with E-state index in [1.54, 1.807) is 24.4 Å². The molecule has 29 heavy (non-hydrogen) atoms. The Kier molecular flexibility index (Phi) is 6.22. The minimum Gasteiger partial charge on any atom is -0.470 e. The zero-order valence-corrected chi connectivity index (χ0v) is 17.0. The zero-order chi connectivity index (χ0) is 21.1. The molecule has 8 heteroatoms. The van der Waals surface area contributed by atoms with Crippen molar-refractivity contribution in [1.29, 1.82) is 0 Å². The highest BCUT2D eigenvalue weighted by Crippen LogP contribution is 2.24. The van der Waals surface area contributed by atoms with E-state index in [9.17, 15) is 13.6 Å². The number of benzene rings is 1. The second-order valence-corrected chi connectivity index (χ2v) is 7.25. The van der Waals surface area contributed by atoms with Crippen LogP contribution in [0.3, 0.4) is 0 Å². The van der Waals surface area contributed by atoms with E-state index in [0.29, 0.717) is 29.1 Å². The van der Waals surface area contributed by atoms with E-state index in [1.165, 1.54) is 18.2 Å². The average Bonchev–Trinajstić information content (AvgIpc) is 2.96. The lowest BCUT2D eigenvalue weighted by molar-refractivity contribution is 0.0971. The molecule has 154 valence electrons. The van der Waals surface area contributed by atoms with Gasteiger partial charge in [-0.05, 0) is 53.0 Å². The standard InChI is InChI=1S/C21H24F2N4O2/c1-13-11-27-19(18(28)9-6-10-26(3)4)14(2)25-20(27)21(24-13)29-12-15-16(22)7-5-8-17(15)23/h5,7-8,11H,6,9-10,12H2,1-4H3. The first-order valence-corrected chi connectivity index (χ1v) is 9.38. The molecule has 0 spiro atoms. The minimum atomic E-state index is -0.690. The summed E-state index contributed by atoms with van der Waals surface area (Å²) in [4.78, 5) is 23.5. The predicted molar refractivity (Wildman–Crippen MR) is 105 cm³/mol. The van der Waals surface area contributed by atoms with Crippen LogP contribution in [0.25, 0.3) is 5.65 Å². The Morgan fingerprint density at radius 3 is 2.52 bits per heavy atom.